The van der Waals surface area contributed by atoms with Gasteiger partial charge in [0, 0.05) is 12.4 Å². The van der Waals surface area contributed by atoms with Crippen molar-refractivity contribution in [3.63, 3.8) is 0 Å². The monoisotopic (exact) mass is 173 g/mol. The Morgan fingerprint density at radius 2 is 2.15 bits per heavy atom. The van der Waals surface area contributed by atoms with E-state index in [0.717, 1.165) is 6.54 Å². The van der Waals surface area contributed by atoms with Crippen LogP contribution in [0.4, 0.5) is 5.69 Å². The summed E-state index contributed by atoms with van der Waals surface area (Å²) in [5.74, 6) is 0. The lowest BCUT2D eigenvalue weighted by Gasteiger charge is -1.99. The van der Waals surface area contributed by atoms with E-state index in [2.05, 4.69) is 46.7 Å². The van der Waals surface area contributed by atoms with Crippen LogP contribution in [0.15, 0.2) is 24.3 Å². The summed E-state index contributed by atoms with van der Waals surface area (Å²) >= 11 is 0. The van der Waals surface area contributed by atoms with Crippen LogP contribution in [0.3, 0.4) is 0 Å². The maximum atomic E-state index is 3.19. The molecule has 0 atom stereocenters. The second-order valence-corrected chi connectivity index (χ2v) is 3.38. The van der Waals surface area contributed by atoms with E-state index in [4.69, 9.17) is 0 Å². The summed E-state index contributed by atoms with van der Waals surface area (Å²) in [5.41, 5.74) is 10.2. The van der Waals surface area contributed by atoms with E-state index in [1.807, 2.05) is 0 Å². The van der Waals surface area contributed by atoms with Crippen molar-refractivity contribution < 1.29 is 0 Å². The summed E-state index contributed by atoms with van der Waals surface area (Å²) in [5, 5.41) is 1.30. The molecule has 1 aromatic carbocycles. The van der Waals surface area contributed by atoms with Gasteiger partial charge in [-0.2, -0.15) is 0 Å². The fourth-order valence-corrected chi connectivity index (χ4v) is 2.01. The Hall–Kier alpha value is -1.48. The minimum Gasteiger partial charge on any atom is -0.345 e. The first-order valence-corrected chi connectivity index (χ1v) is 4.43. The Morgan fingerprint density at radius 1 is 1.31 bits per heavy atom. The summed E-state index contributed by atoms with van der Waals surface area (Å²) in [6, 6.07) is 8.44. The smallest absolute Gasteiger partial charge is 0.0791 e. The molecule has 0 amide bonds. The number of nitrogens with zero attached hydrogens (tertiary/aromatic N) is 1. The average molecular weight is 173 g/mol. The first kappa shape index (κ1) is 6.97. The number of aryl methyl sites for hydroxylation is 1. The molecule has 0 aliphatic carbocycles. The van der Waals surface area contributed by atoms with Crippen LogP contribution < -0.4 is 10.9 Å². The third-order valence-electron chi connectivity index (χ3n) is 2.70. The zero-order valence-corrected chi connectivity index (χ0v) is 7.46. The molecule has 2 heterocycles. The number of aromatic nitrogens is 1. The molecule has 0 saturated heterocycles. The Balaban J connectivity index is 2.49. The van der Waals surface area contributed by atoms with Gasteiger partial charge in [-0.15, -0.1) is 0 Å². The number of rotatable bonds is 0. The molecule has 0 bridgehead atoms. The zero-order chi connectivity index (χ0) is 8.84. The van der Waals surface area contributed by atoms with Crippen LogP contribution in [0, 0.1) is 0 Å². The standard InChI is InChI=1S/C10H11N3/c1-13-8-5-3-2-4-7(8)10-9(13)6-11-12-10/h2-5,11-12H,6H2,1H3. The third-order valence-corrected chi connectivity index (χ3v) is 2.70. The summed E-state index contributed by atoms with van der Waals surface area (Å²) in [6.45, 7) is 0.903. The number of hydrogen-bond donors (Lipinski definition) is 2. The van der Waals surface area contributed by atoms with Crippen molar-refractivity contribution in [3.05, 3.63) is 30.0 Å². The van der Waals surface area contributed by atoms with Crippen molar-refractivity contribution in [1.82, 2.24) is 9.99 Å². The van der Waals surface area contributed by atoms with Gasteiger partial charge in [0.1, 0.15) is 0 Å². The van der Waals surface area contributed by atoms with Gasteiger partial charge in [0.15, 0.2) is 0 Å². The summed E-state index contributed by atoms with van der Waals surface area (Å²) in [7, 11) is 2.11. The van der Waals surface area contributed by atoms with Crippen molar-refractivity contribution in [1.29, 1.82) is 0 Å². The lowest BCUT2D eigenvalue weighted by atomic mass is 10.2. The molecular formula is C10H11N3. The second kappa shape index (κ2) is 2.26. The molecule has 0 saturated carbocycles. The molecule has 0 spiro atoms. The largest absolute Gasteiger partial charge is 0.345 e. The topological polar surface area (TPSA) is 29.0 Å². The molecule has 1 aliphatic rings. The summed E-state index contributed by atoms with van der Waals surface area (Å²) < 4.78 is 2.23. The normalized spacial score (nSPS) is 14.5. The summed E-state index contributed by atoms with van der Waals surface area (Å²) in [6.07, 6.45) is 0. The Morgan fingerprint density at radius 3 is 3.08 bits per heavy atom. The predicted octanol–water partition coefficient (Wildman–Crippen LogP) is 1.61. The number of hydrogen-bond acceptors (Lipinski definition) is 2. The van der Waals surface area contributed by atoms with Crippen molar-refractivity contribution in [3.8, 4) is 0 Å². The van der Waals surface area contributed by atoms with E-state index in [0.29, 0.717) is 0 Å². The molecule has 2 aromatic rings. The molecule has 0 fully saturated rings. The molecule has 3 rings (SSSR count). The predicted molar refractivity (Wildman–Crippen MR) is 53.4 cm³/mol. The lowest BCUT2D eigenvalue weighted by molar-refractivity contribution is 0.787. The number of anilines is 1. The second-order valence-electron chi connectivity index (χ2n) is 3.38. The quantitative estimate of drug-likeness (QED) is 0.633. The number of fused-ring (bicyclic) bond motifs is 3. The van der Waals surface area contributed by atoms with E-state index in [9.17, 15) is 0 Å². The van der Waals surface area contributed by atoms with Crippen molar-refractivity contribution in [2.24, 2.45) is 7.05 Å². The molecule has 3 heteroatoms. The highest BCUT2D eigenvalue weighted by Gasteiger charge is 2.18. The molecule has 1 aliphatic heterocycles. The van der Waals surface area contributed by atoms with Gasteiger partial charge < -0.3 is 9.99 Å². The van der Waals surface area contributed by atoms with Gasteiger partial charge in [0.25, 0.3) is 0 Å². The molecule has 1 aromatic heterocycles. The van der Waals surface area contributed by atoms with E-state index in [-0.39, 0.29) is 0 Å². The van der Waals surface area contributed by atoms with E-state index >= 15 is 0 Å². The van der Waals surface area contributed by atoms with Crippen LogP contribution >= 0.6 is 0 Å². The molecule has 3 nitrogen and oxygen atoms in total. The number of benzene rings is 1. The van der Waals surface area contributed by atoms with Gasteiger partial charge in [0.2, 0.25) is 0 Å². The number of para-hydroxylation sites is 1. The molecule has 0 unspecified atom stereocenters. The fraction of sp³-hybridized carbons (Fsp3) is 0.200. The van der Waals surface area contributed by atoms with Gasteiger partial charge in [0.05, 0.1) is 23.4 Å². The van der Waals surface area contributed by atoms with Gasteiger partial charge in [-0.1, -0.05) is 18.2 Å². The van der Waals surface area contributed by atoms with Gasteiger partial charge in [-0.25, -0.2) is 5.43 Å². The maximum Gasteiger partial charge on any atom is 0.0791 e. The first-order valence-electron chi connectivity index (χ1n) is 4.43. The van der Waals surface area contributed by atoms with E-state index in [1.165, 1.54) is 22.3 Å². The van der Waals surface area contributed by atoms with Crippen molar-refractivity contribution >= 4 is 16.6 Å². The minimum atomic E-state index is 0.903. The van der Waals surface area contributed by atoms with Crippen LogP contribution in [-0.4, -0.2) is 4.57 Å². The SMILES string of the molecule is Cn1c2c(c3ccccc31)NNC2. The van der Waals surface area contributed by atoms with Crippen molar-refractivity contribution in [2.45, 2.75) is 6.54 Å². The molecule has 0 radical (unpaired) electrons. The van der Waals surface area contributed by atoms with E-state index < -0.39 is 0 Å². The van der Waals surface area contributed by atoms with Crippen LogP contribution in [0.1, 0.15) is 5.69 Å². The van der Waals surface area contributed by atoms with Crippen LogP contribution in [0.25, 0.3) is 10.9 Å². The highest BCUT2D eigenvalue weighted by Crippen LogP contribution is 2.31. The highest BCUT2D eigenvalue weighted by atomic mass is 15.4. The zero-order valence-electron chi connectivity index (χ0n) is 7.46. The lowest BCUT2D eigenvalue weighted by Crippen LogP contribution is -2.12. The molecule has 13 heavy (non-hydrogen) atoms. The molecule has 2 N–H and O–H groups in total. The van der Waals surface area contributed by atoms with Crippen LogP contribution in [-0.2, 0) is 13.6 Å². The maximum absolute atomic E-state index is 3.19. The Kier molecular flexibility index (Phi) is 1.21. The minimum absolute atomic E-state index is 0.903. The van der Waals surface area contributed by atoms with Crippen LogP contribution in [0.2, 0.25) is 0 Å². The summed E-state index contributed by atoms with van der Waals surface area (Å²) in [4.78, 5) is 0. The first-order chi connectivity index (χ1) is 6.38. The molecule has 66 valence electrons. The highest BCUT2D eigenvalue weighted by molar-refractivity contribution is 5.95. The van der Waals surface area contributed by atoms with Gasteiger partial charge >= 0.3 is 0 Å². The molecular weight excluding hydrogens is 162 g/mol. The number of nitrogens with one attached hydrogen (secondary N) is 2. The Bertz CT molecular complexity index is 470. The van der Waals surface area contributed by atoms with Crippen LogP contribution in [0.5, 0.6) is 0 Å². The van der Waals surface area contributed by atoms with Gasteiger partial charge in [-0.3, -0.25) is 0 Å². The fourth-order valence-electron chi connectivity index (χ4n) is 2.01. The van der Waals surface area contributed by atoms with Gasteiger partial charge in [-0.05, 0) is 6.07 Å². The average Bonchev–Trinajstić information content (AvgIpc) is 2.72. The van der Waals surface area contributed by atoms with E-state index in [1.54, 1.807) is 0 Å². The third kappa shape index (κ3) is 0.769. The van der Waals surface area contributed by atoms with Crippen molar-refractivity contribution in [2.75, 3.05) is 5.43 Å². The Labute approximate surface area is 76.3 Å². The number of hydrazine groups is 1.